The van der Waals surface area contributed by atoms with Gasteiger partial charge in [-0.05, 0) is 44.4 Å². The SMILES string of the molecule is CC1(C)C(=O)OC(c2ccc(F)cc2)C2(CCCCC2)C1=O. The third-order valence-corrected chi connectivity index (χ3v) is 5.18. The Labute approximate surface area is 129 Å². The van der Waals surface area contributed by atoms with E-state index in [1.807, 2.05) is 0 Å². The molecule has 1 heterocycles. The van der Waals surface area contributed by atoms with Crippen molar-refractivity contribution in [2.75, 3.05) is 0 Å². The van der Waals surface area contributed by atoms with Gasteiger partial charge in [-0.1, -0.05) is 31.4 Å². The van der Waals surface area contributed by atoms with Crippen LogP contribution in [0.15, 0.2) is 24.3 Å². The van der Waals surface area contributed by atoms with Crippen molar-refractivity contribution < 1.29 is 18.7 Å². The van der Waals surface area contributed by atoms with Gasteiger partial charge >= 0.3 is 5.97 Å². The largest absolute Gasteiger partial charge is 0.456 e. The van der Waals surface area contributed by atoms with Crippen molar-refractivity contribution >= 4 is 11.8 Å². The normalized spacial score (nSPS) is 26.8. The first-order valence-corrected chi connectivity index (χ1v) is 7.89. The van der Waals surface area contributed by atoms with Crippen LogP contribution in [0.2, 0.25) is 0 Å². The summed E-state index contributed by atoms with van der Waals surface area (Å²) in [7, 11) is 0. The van der Waals surface area contributed by atoms with Gasteiger partial charge in [0.1, 0.15) is 17.3 Å². The maximum absolute atomic E-state index is 13.2. The van der Waals surface area contributed by atoms with Crippen LogP contribution >= 0.6 is 0 Å². The van der Waals surface area contributed by atoms with E-state index in [1.165, 1.54) is 12.1 Å². The number of halogens is 1. The molecule has 0 N–H and O–H groups in total. The number of ketones is 1. The second kappa shape index (κ2) is 5.18. The number of carbonyl (C=O) groups is 2. The van der Waals surface area contributed by atoms with Crippen molar-refractivity contribution in [1.82, 2.24) is 0 Å². The molecule has 1 saturated carbocycles. The number of hydrogen-bond donors (Lipinski definition) is 0. The predicted octanol–water partition coefficient (Wildman–Crippen LogP) is 3.97. The first-order valence-electron chi connectivity index (χ1n) is 7.89. The zero-order chi connectivity index (χ0) is 16.0. The second-order valence-corrected chi connectivity index (χ2v) is 7.01. The number of ether oxygens (including phenoxy) is 1. The van der Waals surface area contributed by atoms with Crippen LogP contribution in [0.5, 0.6) is 0 Å². The van der Waals surface area contributed by atoms with Gasteiger partial charge in [-0.2, -0.15) is 0 Å². The third kappa shape index (κ3) is 2.16. The highest BCUT2D eigenvalue weighted by molar-refractivity contribution is 6.08. The average molecular weight is 304 g/mol. The Kier molecular flexibility index (Phi) is 3.58. The minimum atomic E-state index is -1.10. The summed E-state index contributed by atoms with van der Waals surface area (Å²) in [5.74, 6) is -0.844. The molecule has 2 fully saturated rings. The number of benzene rings is 1. The van der Waals surface area contributed by atoms with E-state index in [0.29, 0.717) is 5.56 Å². The summed E-state index contributed by atoms with van der Waals surface area (Å²) in [6, 6.07) is 5.94. The molecule has 1 aromatic rings. The highest BCUT2D eigenvalue weighted by Gasteiger charge is 2.60. The fraction of sp³-hybridized carbons (Fsp3) is 0.556. The van der Waals surface area contributed by atoms with Crippen LogP contribution in [0.25, 0.3) is 0 Å². The maximum atomic E-state index is 13.2. The average Bonchev–Trinajstić information content (AvgIpc) is 2.52. The molecule has 0 aromatic heterocycles. The van der Waals surface area contributed by atoms with Gasteiger partial charge in [-0.15, -0.1) is 0 Å². The van der Waals surface area contributed by atoms with E-state index >= 15 is 0 Å². The van der Waals surface area contributed by atoms with Gasteiger partial charge in [0.25, 0.3) is 0 Å². The zero-order valence-electron chi connectivity index (χ0n) is 13.0. The Morgan fingerprint density at radius 3 is 2.23 bits per heavy atom. The molecule has 0 radical (unpaired) electrons. The van der Waals surface area contributed by atoms with Crippen molar-refractivity contribution in [3.8, 4) is 0 Å². The van der Waals surface area contributed by atoms with Gasteiger partial charge < -0.3 is 4.74 Å². The van der Waals surface area contributed by atoms with Crippen molar-refractivity contribution in [3.05, 3.63) is 35.6 Å². The molecule has 1 atom stereocenters. The first kappa shape index (κ1) is 15.2. The number of cyclic esters (lactones) is 1. The lowest BCUT2D eigenvalue weighted by atomic mass is 9.59. The Morgan fingerprint density at radius 2 is 1.64 bits per heavy atom. The molecule has 1 saturated heterocycles. The van der Waals surface area contributed by atoms with Crippen LogP contribution in [-0.4, -0.2) is 11.8 Å². The number of Topliss-reactive ketones (excluding diaryl/α,β-unsaturated/α-hetero) is 1. The summed E-state index contributed by atoms with van der Waals surface area (Å²) in [4.78, 5) is 25.4. The summed E-state index contributed by atoms with van der Waals surface area (Å²) in [6.07, 6.45) is 3.87. The highest BCUT2D eigenvalue weighted by atomic mass is 19.1. The molecule has 118 valence electrons. The Morgan fingerprint density at radius 1 is 1.05 bits per heavy atom. The van der Waals surface area contributed by atoms with Gasteiger partial charge in [0.2, 0.25) is 0 Å². The van der Waals surface area contributed by atoms with Crippen molar-refractivity contribution in [2.45, 2.75) is 52.1 Å². The molecular weight excluding hydrogens is 283 g/mol. The van der Waals surface area contributed by atoms with Gasteiger partial charge in [-0.25, -0.2) is 4.39 Å². The fourth-order valence-electron chi connectivity index (χ4n) is 3.90. The van der Waals surface area contributed by atoms with E-state index in [-0.39, 0.29) is 11.6 Å². The number of esters is 1. The molecule has 1 aliphatic carbocycles. The fourth-order valence-corrected chi connectivity index (χ4v) is 3.90. The van der Waals surface area contributed by atoms with Crippen molar-refractivity contribution in [1.29, 1.82) is 0 Å². The summed E-state index contributed by atoms with van der Waals surface area (Å²) >= 11 is 0. The van der Waals surface area contributed by atoms with Gasteiger partial charge in [0, 0.05) is 0 Å². The number of carbonyl (C=O) groups excluding carboxylic acids is 2. The van der Waals surface area contributed by atoms with E-state index in [4.69, 9.17) is 4.74 Å². The van der Waals surface area contributed by atoms with Crippen LogP contribution in [0.4, 0.5) is 4.39 Å². The van der Waals surface area contributed by atoms with Gasteiger partial charge in [-0.3, -0.25) is 9.59 Å². The summed E-state index contributed by atoms with van der Waals surface area (Å²) in [6.45, 7) is 3.30. The quantitative estimate of drug-likeness (QED) is 0.582. The van der Waals surface area contributed by atoms with Crippen LogP contribution in [0.1, 0.15) is 57.6 Å². The molecule has 3 nitrogen and oxygen atoms in total. The molecule has 0 amide bonds. The summed E-state index contributed by atoms with van der Waals surface area (Å²) in [5, 5.41) is 0. The predicted molar refractivity (Wildman–Crippen MR) is 79.5 cm³/mol. The van der Waals surface area contributed by atoms with Crippen LogP contribution in [0.3, 0.4) is 0 Å². The van der Waals surface area contributed by atoms with Crippen LogP contribution in [0, 0.1) is 16.6 Å². The monoisotopic (exact) mass is 304 g/mol. The standard InChI is InChI=1S/C18H21FO3/c1-17(2)15(20)18(10-4-3-5-11-18)14(22-16(17)21)12-6-8-13(19)9-7-12/h6-9,14H,3-5,10-11H2,1-2H3. The first-order chi connectivity index (χ1) is 10.4. The minimum Gasteiger partial charge on any atom is -0.456 e. The zero-order valence-corrected chi connectivity index (χ0v) is 13.0. The summed E-state index contributed by atoms with van der Waals surface area (Å²) in [5.41, 5.74) is -1.05. The molecule has 1 aromatic carbocycles. The lowest BCUT2D eigenvalue weighted by Gasteiger charge is -2.49. The molecular formula is C18H21FO3. The minimum absolute atomic E-state index is 0.0229. The van der Waals surface area contributed by atoms with E-state index < -0.39 is 22.9 Å². The molecule has 2 aliphatic rings. The smallest absolute Gasteiger partial charge is 0.319 e. The van der Waals surface area contributed by atoms with E-state index in [2.05, 4.69) is 0 Å². The topological polar surface area (TPSA) is 43.4 Å². The molecule has 1 aliphatic heterocycles. The molecule has 1 unspecified atom stereocenters. The van der Waals surface area contributed by atoms with E-state index in [1.54, 1.807) is 26.0 Å². The summed E-state index contributed by atoms with van der Waals surface area (Å²) < 4.78 is 18.9. The molecule has 0 bridgehead atoms. The van der Waals surface area contributed by atoms with Crippen LogP contribution < -0.4 is 0 Å². The molecule has 3 rings (SSSR count). The Hall–Kier alpha value is -1.71. The van der Waals surface area contributed by atoms with E-state index in [0.717, 1.165) is 32.1 Å². The number of rotatable bonds is 1. The van der Waals surface area contributed by atoms with Crippen molar-refractivity contribution in [3.63, 3.8) is 0 Å². The van der Waals surface area contributed by atoms with Gasteiger partial charge in [0.15, 0.2) is 5.78 Å². The Bertz CT molecular complexity index is 597. The highest BCUT2D eigenvalue weighted by Crippen LogP contribution is 2.55. The molecule has 22 heavy (non-hydrogen) atoms. The molecule has 1 spiro atoms. The maximum Gasteiger partial charge on any atom is 0.319 e. The van der Waals surface area contributed by atoms with Crippen LogP contribution in [-0.2, 0) is 14.3 Å². The van der Waals surface area contributed by atoms with E-state index in [9.17, 15) is 14.0 Å². The van der Waals surface area contributed by atoms with Gasteiger partial charge in [0.05, 0.1) is 5.41 Å². The second-order valence-electron chi connectivity index (χ2n) is 7.01. The number of hydrogen-bond acceptors (Lipinski definition) is 3. The lowest BCUT2D eigenvalue weighted by Crippen LogP contribution is -2.55. The third-order valence-electron chi connectivity index (χ3n) is 5.18. The Balaban J connectivity index is 2.08. The van der Waals surface area contributed by atoms with Crippen molar-refractivity contribution in [2.24, 2.45) is 10.8 Å². The molecule has 4 heteroatoms. The lowest BCUT2D eigenvalue weighted by molar-refractivity contribution is -0.192.